The molecule has 0 amide bonds. The summed E-state index contributed by atoms with van der Waals surface area (Å²) in [5.74, 6) is 0. The van der Waals surface area contributed by atoms with E-state index in [4.69, 9.17) is 11.6 Å². The minimum absolute atomic E-state index is 0.878. The van der Waals surface area contributed by atoms with Crippen LogP contribution < -0.4 is 5.32 Å². The average Bonchev–Trinajstić information content (AvgIpc) is 2.51. The van der Waals surface area contributed by atoms with Gasteiger partial charge in [0.15, 0.2) is 0 Å². The lowest BCUT2D eigenvalue weighted by atomic mass is 10.3. The fraction of sp³-hybridized carbons (Fsp3) is 0.400. The monoisotopic (exact) mass is 215 g/mol. The standard InChI is InChI=1S/C10H14ClNS/c1-2-3-7-12-8-6-9-4-5-10(11)13-9/h2-5,12H,6-8H2,1H3/b3-2+. The molecule has 13 heavy (non-hydrogen) atoms. The summed E-state index contributed by atoms with van der Waals surface area (Å²) in [6.07, 6.45) is 5.23. The second kappa shape index (κ2) is 6.19. The maximum atomic E-state index is 5.81. The van der Waals surface area contributed by atoms with Gasteiger partial charge in [-0.1, -0.05) is 23.8 Å². The highest BCUT2D eigenvalue weighted by molar-refractivity contribution is 7.16. The third kappa shape index (κ3) is 4.46. The number of nitrogens with one attached hydrogen (secondary N) is 1. The SMILES string of the molecule is C/C=C/CNCCc1ccc(Cl)s1. The predicted molar refractivity (Wildman–Crippen MR) is 60.7 cm³/mol. The van der Waals surface area contributed by atoms with Crippen molar-refractivity contribution in [2.45, 2.75) is 13.3 Å². The molecule has 0 atom stereocenters. The van der Waals surface area contributed by atoms with Crippen molar-refractivity contribution in [3.63, 3.8) is 0 Å². The molecule has 0 saturated heterocycles. The van der Waals surface area contributed by atoms with Crippen molar-refractivity contribution in [3.8, 4) is 0 Å². The van der Waals surface area contributed by atoms with Crippen molar-refractivity contribution in [2.75, 3.05) is 13.1 Å². The Morgan fingerprint density at radius 1 is 1.54 bits per heavy atom. The second-order valence-corrected chi connectivity index (χ2v) is 4.53. The molecule has 0 fully saturated rings. The molecule has 1 N–H and O–H groups in total. The van der Waals surface area contributed by atoms with Crippen LogP contribution in [0.15, 0.2) is 24.3 Å². The van der Waals surface area contributed by atoms with Gasteiger partial charge in [-0.25, -0.2) is 0 Å². The molecule has 0 unspecified atom stereocenters. The number of allylic oxidation sites excluding steroid dienone is 1. The third-order valence-electron chi connectivity index (χ3n) is 1.67. The van der Waals surface area contributed by atoms with E-state index in [1.165, 1.54) is 4.88 Å². The molecule has 0 bridgehead atoms. The van der Waals surface area contributed by atoms with E-state index < -0.39 is 0 Å². The van der Waals surface area contributed by atoms with Crippen molar-refractivity contribution in [3.05, 3.63) is 33.5 Å². The van der Waals surface area contributed by atoms with E-state index in [0.29, 0.717) is 0 Å². The van der Waals surface area contributed by atoms with E-state index in [9.17, 15) is 0 Å². The van der Waals surface area contributed by atoms with Crippen LogP contribution in [0.3, 0.4) is 0 Å². The predicted octanol–water partition coefficient (Wildman–Crippen LogP) is 3.11. The molecule has 0 aliphatic carbocycles. The van der Waals surface area contributed by atoms with Gasteiger partial charge in [-0.05, 0) is 25.5 Å². The van der Waals surface area contributed by atoms with Crippen LogP contribution in [0.4, 0.5) is 0 Å². The normalized spacial score (nSPS) is 11.2. The molecule has 3 heteroatoms. The second-order valence-electron chi connectivity index (χ2n) is 2.73. The molecule has 0 radical (unpaired) electrons. The van der Waals surface area contributed by atoms with Gasteiger partial charge in [0.25, 0.3) is 0 Å². The summed E-state index contributed by atoms with van der Waals surface area (Å²) in [4.78, 5) is 1.35. The van der Waals surface area contributed by atoms with E-state index in [-0.39, 0.29) is 0 Å². The smallest absolute Gasteiger partial charge is 0.0931 e. The van der Waals surface area contributed by atoms with Gasteiger partial charge in [-0.15, -0.1) is 11.3 Å². The quantitative estimate of drug-likeness (QED) is 0.588. The fourth-order valence-electron chi connectivity index (χ4n) is 1.00. The number of rotatable bonds is 5. The summed E-state index contributed by atoms with van der Waals surface area (Å²) in [5, 5.41) is 3.32. The highest BCUT2D eigenvalue weighted by atomic mass is 35.5. The van der Waals surface area contributed by atoms with Crippen LogP contribution in [-0.2, 0) is 6.42 Å². The topological polar surface area (TPSA) is 12.0 Å². The Labute approximate surface area is 88.4 Å². The number of hydrogen-bond donors (Lipinski definition) is 1. The van der Waals surface area contributed by atoms with Crippen molar-refractivity contribution in [2.24, 2.45) is 0 Å². The van der Waals surface area contributed by atoms with Gasteiger partial charge < -0.3 is 5.32 Å². The van der Waals surface area contributed by atoms with Gasteiger partial charge in [0, 0.05) is 18.0 Å². The molecule has 1 nitrogen and oxygen atoms in total. The molecular weight excluding hydrogens is 202 g/mol. The Balaban J connectivity index is 2.13. The Bertz CT molecular complexity index is 268. The molecule has 0 aromatic carbocycles. The zero-order valence-corrected chi connectivity index (χ0v) is 9.29. The van der Waals surface area contributed by atoms with Gasteiger partial charge in [-0.2, -0.15) is 0 Å². The first kappa shape index (κ1) is 10.8. The lowest BCUT2D eigenvalue weighted by Gasteiger charge is -1.98. The van der Waals surface area contributed by atoms with E-state index in [0.717, 1.165) is 23.8 Å². The van der Waals surface area contributed by atoms with Gasteiger partial charge in [-0.3, -0.25) is 0 Å². The molecule has 0 spiro atoms. The molecule has 1 heterocycles. The van der Waals surface area contributed by atoms with Crippen LogP contribution in [0.2, 0.25) is 4.34 Å². The molecular formula is C10H14ClNS. The fourth-order valence-corrected chi connectivity index (χ4v) is 2.09. The first-order valence-electron chi connectivity index (χ1n) is 4.39. The van der Waals surface area contributed by atoms with Gasteiger partial charge in [0.1, 0.15) is 0 Å². The Hall–Kier alpha value is -0.310. The number of thiophene rings is 1. The number of hydrogen-bond acceptors (Lipinski definition) is 2. The lowest BCUT2D eigenvalue weighted by Crippen LogP contribution is -2.16. The first-order valence-corrected chi connectivity index (χ1v) is 5.58. The molecule has 0 aliphatic rings. The van der Waals surface area contributed by atoms with Gasteiger partial charge in [0.2, 0.25) is 0 Å². The molecule has 72 valence electrons. The Morgan fingerprint density at radius 3 is 3.00 bits per heavy atom. The lowest BCUT2D eigenvalue weighted by molar-refractivity contribution is 0.749. The third-order valence-corrected chi connectivity index (χ3v) is 2.97. The van der Waals surface area contributed by atoms with Gasteiger partial charge in [0.05, 0.1) is 4.34 Å². The Morgan fingerprint density at radius 2 is 2.38 bits per heavy atom. The van der Waals surface area contributed by atoms with E-state index in [1.807, 2.05) is 13.0 Å². The summed E-state index contributed by atoms with van der Waals surface area (Å²) in [6, 6.07) is 4.04. The van der Waals surface area contributed by atoms with Crippen LogP contribution in [0.5, 0.6) is 0 Å². The highest BCUT2D eigenvalue weighted by Crippen LogP contribution is 2.21. The molecule has 1 aromatic rings. The molecule has 1 aromatic heterocycles. The molecule has 0 saturated carbocycles. The summed E-state index contributed by atoms with van der Waals surface area (Å²) >= 11 is 7.47. The van der Waals surface area contributed by atoms with Crippen LogP contribution in [0.25, 0.3) is 0 Å². The first-order chi connectivity index (χ1) is 6.33. The van der Waals surface area contributed by atoms with Crippen molar-refractivity contribution < 1.29 is 0 Å². The van der Waals surface area contributed by atoms with Crippen LogP contribution in [0, 0.1) is 0 Å². The zero-order chi connectivity index (χ0) is 9.52. The van der Waals surface area contributed by atoms with Crippen molar-refractivity contribution in [1.29, 1.82) is 0 Å². The van der Waals surface area contributed by atoms with E-state index >= 15 is 0 Å². The van der Waals surface area contributed by atoms with Crippen LogP contribution >= 0.6 is 22.9 Å². The summed E-state index contributed by atoms with van der Waals surface area (Å²) < 4.78 is 0.878. The molecule has 0 aliphatic heterocycles. The Kier molecular flexibility index (Phi) is 5.13. The van der Waals surface area contributed by atoms with E-state index in [1.54, 1.807) is 11.3 Å². The highest BCUT2D eigenvalue weighted by Gasteiger charge is 1.96. The van der Waals surface area contributed by atoms with E-state index in [2.05, 4.69) is 23.5 Å². The van der Waals surface area contributed by atoms with Crippen LogP contribution in [0.1, 0.15) is 11.8 Å². The summed E-state index contributed by atoms with van der Waals surface area (Å²) in [5.41, 5.74) is 0. The zero-order valence-electron chi connectivity index (χ0n) is 7.72. The maximum Gasteiger partial charge on any atom is 0.0931 e. The maximum absolute atomic E-state index is 5.81. The van der Waals surface area contributed by atoms with Crippen molar-refractivity contribution >= 4 is 22.9 Å². The van der Waals surface area contributed by atoms with Crippen LogP contribution in [-0.4, -0.2) is 13.1 Å². The minimum Gasteiger partial charge on any atom is -0.313 e. The molecule has 1 rings (SSSR count). The average molecular weight is 216 g/mol. The number of halogens is 1. The minimum atomic E-state index is 0.878. The largest absolute Gasteiger partial charge is 0.313 e. The van der Waals surface area contributed by atoms with Gasteiger partial charge >= 0.3 is 0 Å². The van der Waals surface area contributed by atoms with Crippen molar-refractivity contribution in [1.82, 2.24) is 5.32 Å². The summed E-state index contributed by atoms with van der Waals surface area (Å²) in [7, 11) is 0. The summed E-state index contributed by atoms with van der Waals surface area (Å²) in [6.45, 7) is 4.00.